The van der Waals surface area contributed by atoms with E-state index in [9.17, 15) is 8.42 Å². The van der Waals surface area contributed by atoms with E-state index >= 15 is 0 Å². The number of nitrogens with one attached hydrogen (secondary N) is 1. The molecule has 0 bridgehead atoms. The van der Waals surface area contributed by atoms with Crippen molar-refractivity contribution in [3.63, 3.8) is 0 Å². The second kappa shape index (κ2) is 10.0. The van der Waals surface area contributed by atoms with Crippen LogP contribution >= 0.6 is 0 Å². The predicted molar refractivity (Wildman–Crippen MR) is 131 cm³/mol. The van der Waals surface area contributed by atoms with Crippen molar-refractivity contribution in [2.75, 3.05) is 25.6 Å². The summed E-state index contributed by atoms with van der Waals surface area (Å²) in [6, 6.07) is 24.3. The van der Waals surface area contributed by atoms with Gasteiger partial charge in [-0.3, -0.25) is 4.18 Å². The third-order valence-corrected chi connectivity index (χ3v) is 6.61. The van der Waals surface area contributed by atoms with Gasteiger partial charge in [0.2, 0.25) is 0 Å². The number of pyridine rings is 1. The molecule has 1 heterocycles. The van der Waals surface area contributed by atoms with E-state index in [4.69, 9.17) is 13.9 Å². The Kier molecular flexibility index (Phi) is 6.91. The summed E-state index contributed by atoms with van der Waals surface area (Å²) in [6.07, 6.45) is 0.527. The Hall–Kier alpha value is -3.42. The summed E-state index contributed by atoms with van der Waals surface area (Å²) in [5.41, 5.74) is 4.64. The summed E-state index contributed by atoms with van der Waals surface area (Å²) in [5, 5.41) is 4.42. The molecule has 4 rings (SSSR count). The van der Waals surface area contributed by atoms with Crippen LogP contribution in [0.25, 0.3) is 22.2 Å². The average Bonchev–Trinajstić information content (AvgIpc) is 2.84. The van der Waals surface area contributed by atoms with Crippen molar-refractivity contribution in [1.29, 1.82) is 0 Å². The normalized spacial score (nSPS) is 11.5. The second-order valence-electron chi connectivity index (χ2n) is 7.67. The van der Waals surface area contributed by atoms with Gasteiger partial charge in [-0.2, -0.15) is 8.42 Å². The lowest BCUT2D eigenvalue weighted by atomic mass is 10.1. The van der Waals surface area contributed by atoms with Crippen molar-refractivity contribution in [1.82, 2.24) is 4.98 Å². The van der Waals surface area contributed by atoms with Crippen molar-refractivity contribution in [2.24, 2.45) is 0 Å². The molecule has 7 heteroatoms. The van der Waals surface area contributed by atoms with Gasteiger partial charge < -0.3 is 10.1 Å². The Labute approximate surface area is 194 Å². The van der Waals surface area contributed by atoms with E-state index in [1.165, 1.54) is 0 Å². The Bertz CT molecular complexity index is 1340. The lowest BCUT2D eigenvalue weighted by molar-refractivity contribution is 0.316. The molecule has 170 valence electrons. The van der Waals surface area contributed by atoms with Crippen LogP contribution < -0.4 is 10.1 Å². The zero-order valence-corrected chi connectivity index (χ0v) is 19.4. The number of ether oxygens (including phenoxy) is 1. The predicted octanol–water partition coefficient (Wildman–Crippen LogP) is 5.43. The highest BCUT2D eigenvalue weighted by atomic mass is 32.2. The third-order valence-electron chi connectivity index (χ3n) is 5.29. The Morgan fingerprint density at radius 3 is 2.39 bits per heavy atom. The first-order chi connectivity index (χ1) is 16.0. The summed E-state index contributed by atoms with van der Waals surface area (Å²) in [4.78, 5) is 4.96. The smallest absolute Gasteiger partial charge is 0.296 e. The second-order valence-corrected chi connectivity index (χ2v) is 9.29. The van der Waals surface area contributed by atoms with Gasteiger partial charge in [0.1, 0.15) is 5.75 Å². The fraction of sp³-hybridized carbons (Fsp3) is 0.192. The molecule has 0 saturated carbocycles. The Balaban J connectivity index is 1.44. The minimum absolute atomic E-state index is 0.0948. The number of benzene rings is 3. The number of rotatable bonds is 9. The van der Waals surface area contributed by atoms with E-state index in [1.807, 2.05) is 61.5 Å². The van der Waals surface area contributed by atoms with E-state index in [0.717, 1.165) is 39.2 Å². The molecule has 0 amide bonds. The minimum atomic E-state index is -3.75. The SMILES string of the molecule is COc1ccc(-c2cc(NCCCOS(=O)(=O)c3ccc(C)cc3)c3ccccc3n2)cc1. The monoisotopic (exact) mass is 462 g/mol. The number of para-hydroxylation sites is 1. The van der Waals surface area contributed by atoms with Crippen molar-refractivity contribution >= 4 is 26.7 Å². The number of aryl methyl sites for hydroxylation is 1. The van der Waals surface area contributed by atoms with E-state index in [2.05, 4.69) is 5.32 Å². The molecule has 0 saturated heterocycles. The zero-order valence-electron chi connectivity index (χ0n) is 18.6. The lowest BCUT2D eigenvalue weighted by Gasteiger charge is -2.13. The first-order valence-electron chi connectivity index (χ1n) is 10.7. The summed E-state index contributed by atoms with van der Waals surface area (Å²) in [6.45, 7) is 2.56. The molecule has 0 spiro atoms. The fourth-order valence-corrected chi connectivity index (χ4v) is 4.41. The number of hydrogen-bond donors (Lipinski definition) is 1. The maximum Gasteiger partial charge on any atom is 0.296 e. The molecule has 33 heavy (non-hydrogen) atoms. The Morgan fingerprint density at radius 2 is 1.67 bits per heavy atom. The van der Waals surface area contributed by atoms with E-state index in [0.29, 0.717) is 13.0 Å². The molecule has 0 radical (unpaired) electrons. The van der Waals surface area contributed by atoms with Crippen LogP contribution in [0.5, 0.6) is 5.75 Å². The van der Waals surface area contributed by atoms with Crippen LogP contribution in [0, 0.1) is 6.92 Å². The molecule has 0 aliphatic rings. The van der Waals surface area contributed by atoms with Crippen LogP contribution in [0.3, 0.4) is 0 Å². The molecule has 3 aromatic carbocycles. The summed E-state index contributed by atoms with van der Waals surface area (Å²) in [7, 11) is -2.11. The van der Waals surface area contributed by atoms with Crippen LogP contribution in [0.1, 0.15) is 12.0 Å². The van der Waals surface area contributed by atoms with E-state index in [-0.39, 0.29) is 11.5 Å². The molecule has 0 fully saturated rings. The maximum absolute atomic E-state index is 12.3. The largest absolute Gasteiger partial charge is 0.497 e. The van der Waals surface area contributed by atoms with Gasteiger partial charge in [0, 0.05) is 23.2 Å². The van der Waals surface area contributed by atoms with Gasteiger partial charge in [-0.25, -0.2) is 4.98 Å². The van der Waals surface area contributed by atoms with Crippen molar-refractivity contribution in [2.45, 2.75) is 18.2 Å². The van der Waals surface area contributed by atoms with Crippen LogP contribution in [-0.4, -0.2) is 33.7 Å². The highest BCUT2D eigenvalue weighted by molar-refractivity contribution is 7.86. The molecule has 0 atom stereocenters. The van der Waals surface area contributed by atoms with Crippen molar-refractivity contribution < 1.29 is 17.3 Å². The molecule has 0 unspecified atom stereocenters. The number of nitrogens with zero attached hydrogens (tertiary/aromatic N) is 1. The Morgan fingerprint density at radius 1 is 0.939 bits per heavy atom. The van der Waals surface area contributed by atoms with Crippen molar-refractivity contribution in [3.05, 3.63) is 84.4 Å². The summed E-state index contributed by atoms with van der Waals surface area (Å²) in [5.74, 6) is 0.790. The molecule has 0 aliphatic carbocycles. The quantitative estimate of drug-likeness (QED) is 0.264. The number of hydrogen-bond acceptors (Lipinski definition) is 6. The van der Waals surface area contributed by atoms with Gasteiger partial charge in [0.05, 0.1) is 29.8 Å². The van der Waals surface area contributed by atoms with Gasteiger partial charge in [0.15, 0.2) is 0 Å². The highest BCUT2D eigenvalue weighted by Crippen LogP contribution is 2.29. The van der Waals surface area contributed by atoms with Crippen LogP contribution in [-0.2, 0) is 14.3 Å². The van der Waals surface area contributed by atoms with Gasteiger partial charge in [-0.15, -0.1) is 0 Å². The number of anilines is 1. The summed E-state index contributed by atoms with van der Waals surface area (Å²) < 4.78 is 35.1. The van der Waals surface area contributed by atoms with Gasteiger partial charge in [-0.05, 0) is 61.9 Å². The van der Waals surface area contributed by atoms with Gasteiger partial charge in [-0.1, -0.05) is 35.9 Å². The first-order valence-corrected chi connectivity index (χ1v) is 12.1. The molecule has 4 aromatic rings. The molecule has 0 aliphatic heterocycles. The third kappa shape index (κ3) is 5.50. The number of methoxy groups -OCH3 is 1. The van der Waals surface area contributed by atoms with Gasteiger partial charge in [0.25, 0.3) is 10.1 Å². The fourth-order valence-electron chi connectivity index (χ4n) is 3.47. The topological polar surface area (TPSA) is 77.5 Å². The highest BCUT2D eigenvalue weighted by Gasteiger charge is 2.14. The molecular weight excluding hydrogens is 436 g/mol. The van der Waals surface area contributed by atoms with Crippen LogP contribution in [0.2, 0.25) is 0 Å². The molecule has 1 N–H and O–H groups in total. The lowest BCUT2D eigenvalue weighted by Crippen LogP contribution is -2.11. The average molecular weight is 463 g/mol. The zero-order chi connectivity index (χ0) is 23.3. The minimum Gasteiger partial charge on any atom is -0.497 e. The van der Waals surface area contributed by atoms with Crippen LogP contribution in [0.4, 0.5) is 5.69 Å². The van der Waals surface area contributed by atoms with Gasteiger partial charge >= 0.3 is 0 Å². The van der Waals surface area contributed by atoms with E-state index < -0.39 is 10.1 Å². The molecule has 6 nitrogen and oxygen atoms in total. The summed E-state index contributed by atoms with van der Waals surface area (Å²) >= 11 is 0. The van der Waals surface area contributed by atoms with Crippen LogP contribution in [0.15, 0.2) is 83.8 Å². The standard InChI is InChI=1S/C26H26N2O4S/c1-19-8-14-22(15-9-19)33(29,30)32-17-5-16-27-26-18-25(20-10-12-21(31-2)13-11-20)28-24-7-4-3-6-23(24)26/h3-4,6-15,18H,5,16-17H2,1-2H3,(H,27,28). The molecular formula is C26H26N2O4S. The first kappa shape index (κ1) is 22.8. The molecule has 1 aromatic heterocycles. The number of fused-ring (bicyclic) bond motifs is 1. The van der Waals surface area contributed by atoms with Crippen molar-refractivity contribution in [3.8, 4) is 17.0 Å². The maximum atomic E-state index is 12.3. The van der Waals surface area contributed by atoms with E-state index in [1.54, 1.807) is 31.4 Å². The number of aromatic nitrogens is 1.